The Kier molecular flexibility index (Phi) is 8.73. The number of rotatable bonds is 10. The highest BCUT2D eigenvalue weighted by Gasteiger charge is 2.13. The fraction of sp³-hybridized carbons (Fsp3) is 0.250. The molecule has 31 heavy (non-hydrogen) atoms. The summed E-state index contributed by atoms with van der Waals surface area (Å²) in [6.07, 6.45) is 0.859. The predicted molar refractivity (Wildman–Crippen MR) is 127 cm³/mol. The van der Waals surface area contributed by atoms with Crippen LogP contribution in [0.25, 0.3) is 0 Å². The topological polar surface area (TPSA) is 39.7 Å². The van der Waals surface area contributed by atoms with Crippen molar-refractivity contribution in [2.75, 3.05) is 20.8 Å². The molecule has 0 unspecified atom stereocenters. The van der Waals surface area contributed by atoms with Crippen molar-refractivity contribution in [3.8, 4) is 17.2 Å². The zero-order chi connectivity index (χ0) is 22.2. The molecule has 0 amide bonds. The van der Waals surface area contributed by atoms with Crippen LogP contribution in [-0.4, -0.2) is 20.8 Å². The van der Waals surface area contributed by atoms with Crippen molar-refractivity contribution >= 4 is 34.8 Å². The van der Waals surface area contributed by atoms with Gasteiger partial charge in [-0.25, -0.2) is 0 Å². The lowest BCUT2D eigenvalue weighted by Gasteiger charge is -2.15. The Morgan fingerprint density at radius 1 is 0.806 bits per heavy atom. The van der Waals surface area contributed by atoms with E-state index in [9.17, 15) is 0 Å². The van der Waals surface area contributed by atoms with Gasteiger partial charge in [0.05, 0.1) is 19.2 Å². The van der Waals surface area contributed by atoms with Gasteiger partial charge in [0, 0.05) is 22.2 Å². The summed E-state index contributed by atoms with van der Waals surface area (Å²) < 4.78 is 16.8. The smallest absolute Gasteiger partial charge is 0.180 e. The zero-order valence-corrected chi connectivity index (χ0v) is 19.7. The van der Waals surface area contributed by atoms with Gasteiger partial charge in [0.15, 0.2) is 11.5 Å². The molecule has 0 aliphatic heterocycles. The minimum Gasteiger partial charge on any atom is -0.496 e. The second-order valence-corrected chi connectivity index (χ2v) is 8.12. The summed E-state index contributed by atoms with van der Waals surface area (Å²) in [5, 5.41) is 5.02. The molecule has 4 nitrogen and oxygen atoms in total. The summed E-state index contributed by atoms with van der Waals surface area (Å²) >= 11 is 18.7. The van der Waals surface area contributed by atoms with Crippen LogP contribution in [0.4, 0.5) is 0 Å². The van der Waals surface area contributed by atoms with Crippen molar-refractivity contribution < 1.29 is 14.2 Å². The van der Waals surface area contributed by atoms with Crippen molar-refractivity contribution in [2.24, 2.45) is 0 Å². The number of hydrogen-bond donors (Lipinski definition) is 1. The number of halogens is 3. The van der Waals surface area contributed by atoms with E-state index in [1.54, 1.807) is 26.4 Å². The maximum Gasteiger partial charge on any atom is 0.180 e. The minimum atomic E-state index is 0.253. The molecule has 0 saturated carbocycles. The summed E-state index contributed by atoms with van der Waals surface area (Å²) in [5.74, 6) is 1.95. The summed E-state index contributed by atoms with van der Waals surface area (Å²) in [4.78, 5) is 0. The van der Waals surface area contributed by atoms with Crippen LogP contribution in [0.5, 0.6) is 17.2 Å². The third-order valence-corrected chi connectivity index (χ3v) is 5.64. The molecule has 7 heteroatoms. The summed E-state index contributed by atoms with van der Waals surface area (Å²) in [5.41, 5.74) is 2.97. The maximum atomic E-state index is 6.49. The van der Waals surface area contributed by atoms with E-state index in [1.165, 1.54) is 0 Å². The molecular weight excluding hydrogens is 457 g/mol. The molecule has 0 aliphatic rings. The Hall–Kier alpha value is -2.11. The van der Waals surface area contributed by atoms with Gasteiger partial charge in [-0.05, 0) is 54.4 Å². The number of ether oxygens (including phenoxy) is 3. The molecule has 1 N–H and O–H groups in total. The third-order valence-electron chi connectivity index (χ3n) is 4.77. The van der Waals surface area contributed by atoms with Crippen LogP contribution >= 0.6 is 34.8 Å². The molecule has 3 aromatic carbocycles. The van der Waals surface area contributed by atoms with Crippen LogP contribution in [0.1, 0.15) is 16.7 Å². The molecule has 0 radical (unpaired) electrons. The molecule has 3 rings (SSSR count). The SMILES string of the molecule is COc1ccccc1CCNCc1cc(Cl)c(OCc2ccc(Cl)cc2Cl)c(OC)c1. The quantitative estimate of drug-likeness (QED) is 0.333. The van der Waals surface area contributed by atoms with Gasteiger partial charge in [-0.1, -0.05) is 59.1 Å². The molecule has 0 bridgehead atoms. The predicted octanol–water partition coefficient (Wildman–Crippen LogP) is 6.58. The fourth-order valence-corrected chi connectivity index (χ4v) is 3.92. The first-order chi connectivity index (χ1) is 15.0. The van der Waals surface area contributed by atoms with E-state index < -0.39 is 0 Å². The lowest BCUT2D eigenvalue weighted by Crippen LogP contribution is -2.17. The van der Waals surface area contributed by atoms with Crippen LogP contribution in [0, 0.1) is 0 Å². The number of methoxy groups -OCH3 is 2. The molecule has 0 aliphatic carbocycles. The van der Waals surface area contributed by atoms with E-state index >= 15 is 0 Å². The Morgan fingerprint density at radius 2 is 1.58 bits per heavy atom. The molecule has 0 heterocycles. The lowest BCUT2D eigenvalue weighted by atomic mass is 10.1. The minimum absolute atomic E-state index is 0.253. The van der Waals surface area contributed by atoms with Gasteiger partial charge in [-0.15, -0.1) is 0 Å². The summed E-state index contributed by atoms with van der Waals surface area (Å²) in [7, 11) is 3.28. The van der Waals surface area contributed by atoms with Gasteiger partial charge in [-0.2, -0.15) is 0 Å². The monoisotopic (exact) mass is 479 g/mol. The van der Waals surface area contributed by atoms with Crippen molar-refractivity contribution in [3.05, 3.63) is 86.4 Å². The van der Waals surface area contributed by atoms with Crippen LogP contribution in [0.2, 0.25) is 15.1 Å². The highest BCUT2D eigenvalue weighted by molar-refractivity contribution is 6.35. The maximum absolute atomic E-state index is 6.49. The Labute approximate surface area is 198 Å². The van der Waals surface area contributed by atoms with Crippen molar-refractivity contribution in [3.63, 3.8) is 0 Å². The first-order valence-electron chi connectivity index (χ1n) is 9.77. The second kappa shape index (κ2) is 11.5. The van der Waals surface area contributed by atoms with Crippen LogP contribution in [0.15, 0.2) is 54.6 Å². The molecule has 0 spiro atoms. The van der Waals surface area contributed by atoms with E-state index in [-0.39, 0.29) is 6.61 Å². The molecule has 0 fully saturated rings. The van der Waals surface area contributed by atoms with E-state index in [4.69, 9.17) is 49.0 Å². The number of benzene rings is 3. The zero-order valence-electron chi connectivity index (χ0n) is 17.4. The van der Waals surface area contributed by atoms with E-state index in [2.05, 4.69) is 11.4 Å². The first kappa shape index (κ1) is 23.6. The molecular formula is C24H24Cl3NO3. The van der Waals surface area contributed by atoms with Gasteiger partial charge in [0.2, 0.25) is 0 Å². The third kappa shape index (κ3) is 6.44. The molecule has 0 aromatic heterocycles. The molecule has 164 valence electrons. The standard InChI is InChI=1S/C24H24Cl3NO3/c1-29-22-6-4-3-5-17(22)9-10-28-14-16-11-21(27)24(23(12-16)30-2)31-15-18-7-8-19(25)13-20(18)26/h3-8,11-13,28H,9-10,14-15H2,1-2H3. The van der Waals surface area contributed by atoms with Crippen LogP contribution in [0.3, 0.4) is 0 Å². The average Bonchev–Trinajstić information content (AvgIpc) is 2.77. The van der Waals surface area contributed by atoms with Crippen molar-refractivity contribution in [2.45, 2.75) is 19.6 Å². The number of hydrogen-bond acceptors (Lipinski definition) is 4. The van der Waals surface area contributed by atoms with E-state index in [0.717, 1.165) is 35.4 Å². The number of para-hydroxylation sites is 1. The molecule has 3 aromatic rings. The summed E-state index contributed by atoms with van der Waals surface area (Å²) in [6.45, 7) is 1.70. The Morgan fingerprint density at radius 3 is 2.32 bits per heavy atom. The Bertz CT molecular complexity index is 1030. The summed E-state index contributed by atoms with van der Waals surface area (Å²) in [6, 6.07) is 17.1. The highest BCUT2D eigenvalue weighted by atomic mass is 35.5. The van der Waals surface area contributed by atoms with Gasteiger partial charge in [-0.3, -0.25) is 0 Å². The van der Waals surface area contributed by atoms with E-state index in [1.807, 2.05) is 36.4 Å². The lowest BCUT2D eigenvalue weighted by molar-refractivity contribution is 0.284. The van der Waals surface area contributed by atoms with Crippen molar-refractivity contribution in [1.29, 1.82) is 0 Å². The van der Waals surface area contributed by atoms with Crippen LogP contribution in [-0.2, 0) is 19.6 Å². The van der Waals surface area contributed by atoms with Gasteiger partial charge < -0.3 is 19.5 Å². The fourth-order valence-electron chi connectivity index (χ4n) is 3.17. The van der Waals surface area contributed by atoms with Crippen LogP contribution < -0.4 is 19.5 Å². The van der Waals surface area contributed by atoms with Gasteiger partial charge in [0.1, 0.15) is 12.4 Å². The second-order valence-electron chi connectivity index (χ2n) is 6.87. The molecule has 0 saturated heterocycles. The highest BCUT2D eigenvalue weighted by Crippen LogP contribution is 2.37. The van der Waals surface area contributed by atoms with E-state index in [0.29, 0.717) is 33.1 Å². The molecule has 0 atom stereocenters. The normalized spacial score (nSPS) is 10.7. The van der Waals surface area contributed by atoms with Crippen molar-refractivity contribution in [1.82, 2.24) is 5.32 Å². The average molecular weight is 481 g/mol. The largest absolute Gasteiger partial charge is 0.496 e. The van der Waals surface area contributed by atoms with Gasteiger partial charge >= 0.3 is 0 Å². The first-order valence-corrected chi connectivity index (χ1v) is 10.9. The van der Waals surface area contributed by atoms with Gasteiger partial charge in [0.25, 0.3) is 0 Å². The number of nitrogens with one attached hydrogen (secondary N) is 1. The Balaban J connectivity index is 1.60.